The average molecular weight is 387 g/mol. The maximum atomic E-state index is 11.9. The van der Waals surface area contributed by atoms with Crippen LogP contribution in [0.5, 0.6) is 0 Å². The van der Waals surface area contributed by atoms with Gasteiger partial charge in [0.1, 0.15) is 0 Å². The van der Waals surface area contributed by atoms with Crippen LogP contribution in [-0.4, -0.2) is 57.0 Å². The van der Waals surface area contributed by atoms with Crippen LogP contribution in [0.3, 0.4) is 0 Å². The summed E-state index contributed by atoms with van der Waals surface area (Å²) in [5, 5.41) is 3.22. The molecular formula is C11H22IN3O2S. The predicted octanol–water partition coefficient (Wildman–Crippen LogP) is 0.853. The summed E-state index contributed by atoms with van der Waals surface area (Å²) in [6.45, 7) is 2.20. The van der Waals surface area contributed by atoms with Crippen LogP contribution in [0, 0.1) is 0 Å². The lowest BCUT2D eigenvalue weighted by molar-refractivity contribution is 0.487. The van der Waals surface area contributed by atoms with Crippen molar-refractivity contribution in [1.29, 1.82) is 0 Å². The monoisotopic (exact) mass is 387 g/mol. The number of nitrogens with zero attached hydrogens (tertiary/aromatic N) is 2. The Labute approximate surface area is 126 Å². The SMILES string of the molecule is CN1CCN=C1NCC1(S(C)(=O)=O)CCCC1.I. The molecule has 1 N–H and O–H groups in total. The van der Waals surface area contributed by atoms with Crippen LogP contribution >= 0.6 is 24.0 Å². The van der Waals surface area contributed by atoms with Gasteiger partial charge >= 0.3 is 0 Å². The molecule has 0 radical (unpaired) electrons. The van der Waals surface area contributed by atoms with Gasteiger partial charge in [-0.1, -0.05) is 12.8 Å². The summed E-state index contributed by atoms with van der Waals surface area (Å²) >= 11 is 0. The molecule has 1 heterocycles. The molecule has 0 bridgehead atoms. The summed E-state index contributed by atoms with van der Waals surface area (Å²) in [6.07, 6.45) is 4.93. The molecule has 1 aliphatic heterocycles. The molecule has 0 aromatic rings. The highest BCUT2D eigenvalue weighted by Gasteiger charge is 2.43. The Bertz CT molecular complexity index is 416. The topological polar surface area (TPSA) is 61.8 Å². The van der Waals surface area contributed by atoms with E-state index < -0.39 is 14.6 Å². The Hall–Kier alpha value is -0.0500. The first-order valence-electron chi connectivity index (χ1n) is 6.14. The minimum atomic E-state index is -3.01. The van der Waals surface area contributed by atoms with Gasteiger partial charge in [0.05, 0.1) is 11.3 Å². The predicted molar refractivity (Wildman–Crippen MR) is 84.4 cm³/mol. The summed E-state index contributed by atoms with van der Waals surface area (Å²) in [6, 6.07) is 0. The molecule has 0 spiro atoms. The third-order valence-corrected chi connectivity index (χ3v) is 6.05. The minimum absolute atomic E-state index is 0. The molecule has 0 atom stereocenters. The van der Waals surface area contributed by atoms with Crippen molar-refractivity contribution >= 4 is 39.8 Å². The van der Waals surface area contributed by atoms with Crippen LogP contribution in [-0.2, 0) is 9.84 Å². The van der Waals surface area contributed by atoms with Gasteiger partial charge in [-0.3, -0.25) is 4.99 Å². The van der Waals surface area contributed by atoms with Gasteiger partial charge in [-0.05, 0) is 12.8 Å². The van der Waals surface area contributed by atoms with Crippen LogP contribution in [0.1, 0.15) is 25.7 Å². The zero-order valence-electron chi connectivity index (χ0n) is 11.0. The van der Waals surface area contributed by atoms with Crippen LogP contribution in [0.25, 0.3) is 0 Å². The molecule has 5 nitrogen and oxygen atoms in total. The number of halogens is 1. The maximum Gasteiger partial charge on any atom is 0.193 e. The quantitative estimate of drug-likeness (QED) is 0.730. The van der Waals surface area contributed by atoms with Crippen molar-refractivity contribution in [3.8, 4) is 0 Å². The number of aliphatic imine (C=N–C) groups is 1. The highest BCUT2D eigenvalue weighted by Crippen LogP contribution is 2.35. The van der Waals surface area contributed by atoms with Crippen molar-refractivity contribution in [2.75, 3.05) is 32.9 Å². The lowest BCUT2D eigenvalue weighted by Crippen LogP contribution is -2.48. The van der Waals surface area contributed by atoms with E-state index in [0.29, 0.717) is 6.54 Å². The first-order valence-corrected chi connectivity index (χ1v) is 8.03. The van der Waals surface area contributed by atoms with Gasteiger partial charge < -0.3 is 10.2 Å². The Kier molecular flexibility index (Phi) is 5.28. The molecule has 2 aliphatic rings. The summed E-state index contributed by atoms with van der Waals surface area (Å²) < 4.78 is 23.3. The number of hydrogen-bond acceptors (Lipinski definition) is 5. The molecule has 1 saturated carbocycles. The van der Waals surface area contributed by atoms with Gasteiger partial charge in [0, 0.05) is 26.4 Å². The number of rotatable bonds is 3. The number of guanidine groups is 1. The molecule has 0 unspecified atom stereocenters. The second-order valence-electron chi connectivity index (χ2n) is 5.14. The summed E-state index contributed by atoms with van der Waals surface area (Å²) in [5.41, 5.74) is 0. The summed E-state index contributed by atoms with van der Waals surface area (Å²) in [7, 11) is -1.04. The highest BCUT2D eigenvalue weighted by molar-refractivity contribution is 14.0. The normalized spacial score (nSPS) is 22.6. The van der Waals surface area contributed by atoms with E-state index in [9.17, 15) is 8.42 Å². The number of hydrogen-bond donors (Lipinski definition) is 1. The Morgan fingerprint density at radius 3 is 2.44 bits per heavy atom. The fourth-order valence-corrected chi connectivity index (χ4v) is 4.03. The van der Waals surface area contributed by atoms with Crippen molar-refractivity contribution in [3.63, 3.8) is 0 Å². The van der Waals surface area contributed by atoms with Gasteiger partial charge in [-0.15, -0.1) is 24.0 Å². The van der Waals surface area contributed by atoms with E-state index in [4.69, 9.17) is 0 Å². The molecule has 106 valence electrons. The number of sulfone groups is 1. The molecule has 18 heavy (non-hydrogen) atoms. The first-order chi connectivity index (χ1) is 7.95. The van der Waals surface area contributed by atoms with Crippen LogP contribution in [0.2, 0.25) is 0 Å². The molecular weight excluding hydrogens is 365 g/mol. The van der Waals surface area contributed by atoms with Gasteiger partial charge in [-0.2, -0.15) is 0 Å². The smallest absolute Gasteiger partial charge is 0.193 e. The van der Waals surface area contributed by atoms with Crippen LogP contribution in [0.4, 0.5) is 0 Å². The fraction of sp³-hybridized carbons (Fsp3) is 0.909. The van der Waals surface area contributed by atoms with E-state index in [1.54, 1.807) is 0 Å². The van der Waals surface area contributed by atoms with Crippen molar-refractivity contribution in [3.05, 3.63) is 0 Å². The molecule has 2 rings (SSSR count). The van der Waals surface area contributed by atoms with Crippen molar-refractivity contribution < 1.29 is 8.42 Å². The van der Waals surface area contributed by atoms with Gasteiger partial charge in [0.2, 0.25) is 0 Å². The standard InChI is InChI=1S/C11H21N3O2S.HI/c1-14-8-7-12-10(14)13-9-11(17(2,15)16)5-3-4-6-11;/h3-9H2,1-2H3,(H,12,13);1H. The minimum Gasteiger partial charge on any atom is -0.355 e. The Morgan fingerprint density at radius 2 is 2.00 bits per heavy atom. The van der Waals surface area contributed by atoms with Crippen LogP contribution in [0.15, 0.2) is 4.99 Å². The third-order valence-electron chi connectivity index (χ3n) is 3.93. The Morgan fingerprint density at radius 1 is 1.39 bits per heavy atom. The van der Waals surface area contributed by atoms with E-state index in [1.165, 1.54) is 6.26 Å². The third kappa shape index (κ3) is 3.09. The van der Waals surface area contributed by atoms with E-state index in [1.807, 2.05) is 11.9 Å². The van der Waals surface area contributed by atoms with Gasteiger partial charge in [0.15, 0.2) is 15.8 Å². The summed E-state index contributed by atoms with van der Waals surface area (Å²) in [4.78, 5) is 6.36. The molecule has 0 amide bonds. The lowest BCUT2D eigenvalue weighted by Gasteiger charge is -2.28. The van der Waals surface area contributed by atoms with Crippen LogP contribution < -0.4 is 5.32 Å². The highest BCUT2D eigenvalue weighted by atomic mass is 127. The number of nitrogens with one attached hydrogen (secondary N) is 1. The second kappa shape index (κ2) is 5.94. The first kappa shape index (κ1) is 16.0. The molecule has 1 aliphatic carbocycles. The van der Waals surface area contributed by atoms with Gasteiger partial charge in [0.25, 0.3) is 0 Å². The zero-order chi connectivity index (χ0) is 12.5. The molecule has 0 aromatic heterocycles. The van der Waals surface area contributed by atoms with Crippen molar-refractivity contribution in [2.24, 2.45) is 4.99 Å². The molecule has 0 aromatic carbocycles. The summed E-state index contributed by atoms with van der Waals surface area (Å²) in [5.74, 6) is 0.833. The second-order valence-corrected chi connectivity index (χ2v) is 7.55. The molecule has 1 fully saturated rings. The maximum absolute atomic E-state index is 11.9. The van der Waals surface area contributed by atoms with Crippen molar-refractivity contribution in [1.82, 2.24) is 10.2 Å². The van der Waals surface area contributed by atoms with E-state index >= 15 is 0 Å². The number of likely N-dealkylation sites (N-methyl/N-ethyl adjacent to an activating group) is 1. The zero-order valence-corrected chi connectivity index (χ0v) is 14.1. The molecule has 0 saturated heterocycles. The van der Waals surface area contributed by atoms with Gasteiger partial charge in [-0.25, -0.2) is 8.42 Å². The molecule has 7 heteroatoms. The average Bonchev–Trinajstić information content (AvgIpc) is 2.83. The van der Waals surface area contributed by atoms with Crippen molar-refractivity contribution in [2.45, 2.75) is 30.4 Å². The van der Waals surface area contributed by atoms with E-state index in [-0.39, 0.29) is 24.0 Å². The fourth-order valence-electron chi connectivity index (χ4n) is 2.66. The Balaban J connectivity index is 0.00000162. The van der Waals surface area contributed by atoms with E-state index in [0.717, 1.165) is 44.7 Å². The van der Waals surface area contributed by atoms with E-state index in [2.05, 4.69) is 10.3 Å². The largest absolute Gasteiger partial charge is 0.355 e. The lowest BCUT2D eigenvalue weighted by atomic mass is 10.1.